The average Bonchev–Trinajstić information content (AvgIpc) is 3.19. The Morgan fingerprint density at radius 3 is 2.24 bits per heavy atom. The van der Waals surface area contributed by atoms with E-state index in [1.165, 1.54) is 4.90 Å². The molecule has 2 amide bonds. The van der Waals surface area contributed by atoms with Crippen LogP contribution in [0.25, 0.3) is 21.7 Å². The number of pyridine rings is 2. The first-order valence-corrected chi connectivity index (χ1v) is 12.6. The van der Waals surface area contributed by atoms with Crippen LogP contribution in [0.15, 0.2) is 97.3 Å². The zero-order chi connectivity index (χ0) is 25.2. The summed E-state index contributed by atoms with van der Waals surface area (Å²) in [6.07, 6.45) is 5.20. The predicted octanol–water partition coefficient (Wildman–Crippen LogP) is 5.87. The number of amides is 2. The highest BCUT2D eigenvalue weighted by Crippen LogP contribution is 2.28. The molecule has 6 rings (SSSR count). The smallest absolute Gasteiger partial charge is 0.261 e. The summed E-state index contributed by atoms with van der Waals surface area (Å²) in [6.45, 7) is 1.77. The van der Waals surface area contributed by atoms with Crippen LogP contribution in [-0.2, 0) is 6.54 Å². The molecular weight excluding hydrogens is 460 g/mol. The molecule has 5 aromatic rings. The lowest BCUT2D eigenvalue weighted by Gasteiger charge is -2.26. The van der Waals surface area contributed by atoms with Crippen molar-refractivity contribution in [2.45, 2.75) is 19.4 Å². The maximum Gasteiger partial charge on any atom is 0.261 e. The first-order valence-electron chi connectivity index (χ1n) is 12.6. The molecule has 0 fully saturated rings. The first-order chi connectivity index (χ1) is 18.2. The molecule has 0 saturated carbocycles. The number of benzene rings is 3. The van der Waals surface area contributed by atoms with Gasteiger partial charge in [0.05, 0.1) is 34.6 Å². The third kappa shape index (κ3) is 4.31. The Hall–Kier alpha value is -4.58. The Kier molecular flexibility index (Phi) is 6.06. The highest BCUT2D eigenvalue weighted by Gasteiger charge is 2.34. The number of unbranched alkanes of at least 4 members (excludes halogenated alkanes) is 1. The minimum Gasteiger partial charge on any atom is -0.364 e. The van der Waals surface area contributed by atoms with Crippen LogP contribution in [0.3, 0.4) is 0 Å². The van der Waals surface area contributed by atoms with Gasteiger partial charge in [0.25, 0.3) is 11.8 Å². The largest absolute Gasteiger partial charge is 0.364 e. The highest BCUT2D eigenvalue weighted by molar-refractivity contribution is 6.21. The molecule has 3 heterocycles. The number of imide groups is 1. The molecule has 182 valence electrons. The van der Waals surface area contributed by atoms with Crippen molar-refractivity contribution in [2.75, 3.05) is 18.0 Å². The maximum absolute atomic E-state index is 12.7. The number of anilines is 1. The quantitative estimate of drug-likeness (QED) is 0.203. The Bertz CT molecular complexity index is 1590. The number of hydrogen-bond acceptors (Lipinski definition) is 5. The number of carbonyl (C=O) groups is 2. The number of carbonyl (C=O) groups excluding carboxylic acids is 2. The van der Waals surface area contributed by atoms with Crippen LogP contribution < -0.4 is 4.90 Å². The standard InChI is InChI=1S/C31H26N4O2/c36-30-25-13-3-4-14-26(25)31(37)35(30)20-6-5-19-34(28-15-7-10-23-11-8-17-33-29(23)28)21-27-24-12-2-1-9-22(24)16-18-32-27/h1-4,7-18H,5-6,19-21H2. The summed E-state index contributed by atoms with van der Waals surface area (Å²) < 4.78 is 0. The summed E-state index contributed by atoms with van der Waals surface area (Å²) in [7, 11) is 0. The van der Waals surface area contributed by atoms with Gasteiger partial charge in [-0.1, -0.05) is 54.6 Å². The summed E-state index contributed by atoms with van der Waals surface area (Å²) >= 11 is 0. The van der Waals surface area contributed by atoms with E-state index in [2.05, 4.69) is 46.3 Å². The normalized spacial score (nSPS) is 12.9. The summed E-state index contributed by atoms with van der Waals surface area (Å²) in [6, 6.07) is 27.6. The van der Waals surface area contributed by atoms with Crippen molar-refractivity contribution in [1.29, 1.82) is 0 Å². The Morgan fingerprint density at radius 2 is 1.41 bits per heavy atom. The monoisotopic (exact) mass is 486 g/mol. The van der Waals surface area contributed by atoms with Gasteiger partial charge in [0.15, 0.2) is 0 Å². The van der Waals surface area contributed by atoms with E-state index < -0.39 is 0 Å². The Morgan fingerprint density at radius 1 is 0.676 bits per heavy atom. The Balaban J connectivity index is 1.24. The topological polar surface area (TPSA) is 66.4 Å². The van der Waals surface area contributed by atoms with Crippen molar-refractivity contribution < 1.29 is 9.59 Å². The molecule has 0 bridgehead atoms. The van der Waals surface area contributed by atoms with Gasteiger partial charge in [-0.15, -0.1) is 0 Å². The van der Waals surface area contributed by atoms with Crippen LogP contribution in [-0.4, -0.2) is 39.8 Å². The minimum atomic E-state index is -0.198. The molecule has 0 spiro atoms. The number of hydrogen-bond donors (Lipinski definition) is 0. The highest BCUT2D eigenvalue weighted by atomic mass is 16.2. The molecule has 0 unspecified atom stereocenters. The fraction of sp³-hybridized carbons (Fsp3) is 0.161. The van der Waals surface area contributed by atoms with Crippen molar-refractivity contribution in [2.24, 2.45) is 0 Å². The molecule has 0 radical (unpaired) electrons. The van der Waals surface area contributed by atoms with Crippen molar-refractivity contribution >= 4 is 39.2 Å². The van der Waals surface area contributed by atoms with Crippen molar-refractivity contribution in [1.82, 2.24) is 14.9 Å². The zero-order valence-electron chi connectivity index (χ0n) is 20.4. The van der Waals surface area contributed by atoms with E-state index in [1.807, 2.05) is 36.7 Å². The van der Waals surface area contributed by atoms with Crippen LogP contribution in [0.2, 0.25) is 0 Å². The third-order valence-corrected chi connectivity index (χ3v) is 6.99. The molecule has 1 aliphatic rings. The van der Waals surface area contributed by atoms with Gasteiger partial charge in [-0.25, -0.2) is 0 Å². The summed E-state index contributed by atoms with van der Waals surface area (Å²) in [4.78, 5) is 38.6. The summed E-state index contributed by atoms with van der Waals surface area (Å²) in [5, 5.41) is 3.38. The molecule has 3 aromatic carbocycles. The van der Waals surface area contributed by atoms with Crippen LogP contribution in [0.5, 0.6) is 0 Å². The van der Waals surface area contributed by atoms with Crippen molar-refractivity contribution in [3.63, 3.8) is 0 Å². The third-order valence-electron chi connectivity index (χ3n) is 6.99. The van der Waals surface area contributed by atoms with Crippen LogP contribution in [0, 0.1) is 0 Å². The fourth-order valence-corrected chi connectivity index (χ4v) is 5.13. The number of nitrogens with zero attached hydrogens (tertiary/aromatic N) is 4. The van der Waals surface area contributed by atoms with Gasteiger partial charge in [-0.05, 0) is 48.6 Å². The number of aromatic nitrogens is 2. The van der Waals surface area contributed by atoms with Gasteiger partial charge in [0.1, 0.15) is 0 Å². The van der Waals surface area contributed by atoms with Gasteiger partial charge >= 0.3 is 0 Å². The molecule has 37 heavy (non-hydrogen) atoms. The number of para-hydroxylation sites is 1. The van der Waals surface area contributed by atoms with E-state index in [9.17, 15) is 9.59 Å². The van der Waals surface area contributed by atoms with Crippen LogP contribution >= 0.6 is 0 Å². The maximum atomic E-state index is 12.7. The lowest BCUT2D eigenvalue weighted by atomic mass is 10.1. The van der Waals surface area contributed by atoms with E-state index >= 15 is 0 Å². The molecule has 6 heteroatoms. The second-order valence-electron chi connectivity index (χ2n) is 9.27. The van der Waals surface area contributed by atoms with Gasteiger partial charge < -0.3 is 4.90 Å². The fourth-order valence-electron chi connectivity index (χ4n) is 5.13. The van der Waals surface area contributed by atoms with Crippen LogP contribution in [0.1, 0.15) is 39.3 Å². The lowest BCUT2D eigenvalue weighted by Crippen LogP contribution is -2.31. The minimum absolute atomic E-state index is 0.198. The second-order valence-corrected chi connectivity index (χ2v) is 9.27. The van der Waals surface area contributed by atoms with Crippen molar-refractivity contribution in [3.05, 3.63) is 114 Å². The van der Waals surface area contributed by atoms with E-state index in [0.717, 1.165) is 46.0 Å². The van der Waals surface area contributed by atoms with Gasteiger partial charge in [0.2, 0.25) is 0 Å². The van der Waals surface area contributed by atoms with Crippen LogP contribution in [0.4, 0.5) is 5.69 Å². The van der Waals surface area contributed by atoms with Crippen molar-refractivity contribution in [3.8, 4) is 0 Å². The molecule has 0 N–H and O–H groups in total. The summed E-state index contributed by atoms with van der Waals surface area (Å²) in [5.74, 6) is -0.397. The number of fused-ring (bicyclic) bond motifs is 3. The lowest BCUT2D eigenvalue weighted by molar-refractivity contribution is 0.0652. The molecular formula is C31H26N4O2. The molecule has 0 atom stereocenters. The number of rotatable bonds is 8. The average molecular weight is 487 g/mol. The molecule has 6 nitrogen and oxygen atoms in total. The van der Waals surface area contributed by atoms with E-state index in [-0.39, 0.29) is 11.8 Å². The molecule has 2 aromatic heterocycles. The first kappa shape index (κ1) is 22.9. The van der Waals surface area contributed by atoms with E-state index in [1.54, 1.807) is 24.3 Å². The molecule has 1 aliphatic heterocycles. The Labute approximate surface area is 215 Å². The predicted molar refractivity (Wildman–Crippen MR) is 146 cm³/mol. The van der Waals surface area contributed by atoms with Gasteiger partial charge in [-0.3, -0.25) is 24.5 Å². The SMILES string of the molecule is O=C1c2ccccc2C(=O)N1CCCCN(Cc1nccc2ccccc12)c1cccc2cccnc12. The molecule has 0 saturated heterocycles. The summed E-state index contributed by atoms with van der Waals surface area (Å²) in [5.41, 5.74) is 4.00. The second kappa shape index (κ2) is 9.82. The molecule has 0 aliphatic carbocycles. The van der Waals surface area contributed by atoms with E-state index in [0.29, 0.717) is 30.6 Å². The van der Waals surface area contributed by atoms with Gasteiger partial charge in [0, 0.05) is 36.3 Å². The zero-order valence-corrected chi connectivity index (χ0v) is 20.4. The van der Waals surface area contributed by atoms with Gasteiger partial charge in [-0.2, -0.15) is 0 Å². The van der Waals surface area contributed by atoms with E-state index in [4.69, 9.17) is 4.98 Å².